The van der Waals surface area contributed by atoms with Gasteiger partial charge in [-0.25, -0.2) is 0 Å². The molecule has 0 unspecified atom stereocenters. The van der Waals surface area contributed by atoms with Gasteiger partial charge in [-0.1, -0.05) is 0 Å². The molecule has 1 heterocycles. The minimum Gasteiger partial charge on any atom is -0.496 e. The van der Waals surface area contributed by atoms with Crippen molar-refractivity contribution in [1.82, 2.24) is 0 Å². The van der Waals surface area contributed by atoms with Gasteiger partial charge >= 0.3 is 0 Å². The molecule has 1 rings (SSSR count). The fraction of sp³-hybridized carbons (Fsp3) is 0.200. The smallest absolute Gasteiger partial charge is 0.122 e. The summed E-state index contributed by atoms with van der Waals surface area (Å²) in [6, 6.07) is 0. The maximum atomic E-state index is 4.83. The summed E-state index contributed by atoms with van der Waals surface area (Å²) in [6.07, 6.45) is 5.08. The molecule has 1 radical (unpaired) electrons. The summed E-state index contributed by atoms with van der Waals surface area (Å²) in [5.74, 6) is 0. The van der Waals surface area contributed by atoms with Gasteiger partial charge in [-0.05, 0) is 6.08 Å². The first-order valence-corrected chi connectivity index (χ1v) is 2.12. The van der Waals surface area contributed by atoms with E-state index in [0.717, 1.165) is 0 Å². The second-order valence-corrected chi connectivity index (χ2v) is 1.14. The van der Waals surface area contributed by atoms with Crippen LogP contribution in [0.3, 0.4) is 0 Å². The number of rotatable bonds is 0. The molecule has 37 valence electrons. The molecule has 0 fully saturated rings. The van der Waals surface area contributed by atoms with Crippen molar-refractivity contribution in [2.24, 2.45) is 4.99 Å². The predicted molar refractivity (Wildman–Crippen MR) is 27.9 cm³/mol. The summed E-state index contributed by atoms with van der Waals surface area (Å²) in [4.78, 5) is 3.81. The average molecular weight is 96.1 g/mol. The molecule has 7 heavy (non-hydrogen) atoms. The molecule has 0 saturated carbocycles. The van der Waals surface area contributed by atoms with Crippen molar-refractivity contribution >= 4 is 6.21 Å². The Balaban J connectivity index is 2.38. The second kappa shape index (κ2) is 2.39. The molecule has 0 spiro atoms. The Morgan fingerprint density at radius 3 is 3.57 bits per heavy atom. The lowest BCUT2D eigenvalue weighted by molar-refractivity contribution is 0.307. The zero-order chi connectivity index (χ0) is 4.95. The van der Waals surface area contributed by atoms with Crippen molar-refractivity contribution in [3.05, 3.63) is 18.9 Å². The van der Waals surface area contributed by atoms with E-state index in [1.807, 2.05) is 0 Å². The number of aliphatic imine (C=N–C) groups is 1. The van der Waals surface area contributed by atoms with E-state index in [-0.39, 0.29) is 0 Å². The normalized spacial score (nSPS) is 18.3. The first kappa shape index (κ1) is 4.37. The Hall–Kier alpha value is -0.790. The van der Waals surface area contributed by atoms with Crippen LogP contribution in [0, 0.1) is 6.54 Å². The van der Waals surface area contributed by atoms with E-state index in [0.29, 0.717) is 6.61 Å². The van der Waals surface area contributed by atoms with Crippen LogP contribution < -0.4 is 0 Å². The van der Waals surface area contributed by atoms with Gasteiger partial charge in [-0.3, -0.25) is 4.99 Å². The van der Waals surface area contributed by atoms with Crippen LogP contribution in [0.2, 0.25) is 0 Å². The Morgan fingerprint density at radius 2 is 2.57 bits per heavy atom. The molecule has 1 aliphatic heterocycles. The molecule has 0 saturated heterocycles. The number of hydrogen-bond donors (Lipinski definition) is 0. The van der Waals surface area contributed by atoms with Crippen molar-refractivity contribution in [2.45, 2.75) is 0 Å². The monoisotopic (exact) mass is 96.0 g/mol. The SMILES string of the molecule is [CH]1C=COCC=N1. The molecule has 0 N–H and O–H groups in total. The molecule has 0 aromatic heterocycles. The number of nitrogens with zero attached hydrogens (tertiary/aromatic N) is 1. The first-order valence-electron chi connectivity index (χ1n) is 2.12. The van der Waals surface area contributed by atoms with E-state index in [9.17, 15) is 0 Å². The van der Waals surface area contributed by atoms with Crippen LogP contribution >= 0.6 is 0 Å². The third-order valence-corrected chi connectivity index (χ3v) is 0.623. The quantitative estimate of drug-likeness (QED) is 0.436. The van der Waals surface area contributed by atoms with Crippen molar-refractivity contribution in [3.63, 3.8) is 0 Å². The Morgan fingerprint density at radius 1 is 1.57 bits per heavy atom. The van der Waals surface area contributed by atoms with Gasteiger partial charge in [0.1, 0.15) is 6.61 Å². The standard InChI is InChI=1S/C5H6NO/c1-2-6-3-5-7-4-1/h1-4H,5H2. The maximum Gasteiger partial charge on any atom is 0.122 e. The van der Waals surface area contributed by atoms with Crippen molar-refractivity contribution in [2.75, 3.05) is 6.61 Å². The molecule has 2 heteroatoms. The molecule has 0 aliphatic carbocycles. The van der Waals surface area contributed by atoms with Gasteiger partial charge in [-0.15, -0.1) is 0 Å². The summed E-state index contributed by atoms with van der Waals surface area (Å²) in [7, 11) is 0. The zero-order valence-corrected chi connectivity index (χ0v) is 3.87. The summed E-state index contributed by atoms with van der Waals surface area (Å²) in [5, 5.41) is 0. The van der Waals surface area contributed by atoms with E-state index >= 15 is 0 Å². The molecule has 2 nitrogen and oxygen atoms in total. The summed E-state index contributed by atoms with van der Waals surface area (Å²) in [6.45, 7) is 2.28. The lowest BCUT2D eigenvalue weighted by Gasteiger charge is -1.85. The highest BCUT2D eigenvalue weighted by Gasteiger charge is 1.79. The number of hydrogen-bond acceptors (Lipinski definition) is 2. The highest BCUT2D eigenvalue weighted by atomic mass is 16.5. The topological polar surface area (TPSA) is 21.6 Å². The first-order chi connectivity index (χ1) is 3.50. The van der Waals surface area contributed by atoms with Gasteiger partial charge in [0.25, 0.3) is 0 Å². The van der Waals surface area contributed by atoms with E-state index < -0.39 is 0 Å². The predicted octanol–water partition coefficient (Wildman–Crippen LogP) is 0.763. The largest absolute Gasteiger partial charge is 0.496 e. The zero-order valence-electron chi connectivity index (χ0n) is 3.87. The lowest BCUT2D eigenvalue weighted by Crippen LogP contribution is -1.83. The molecule has 1 aliphatic rings. The summed E-state index contributed by atoms with van der Waals surface area (Å²) in [5.41, 5.74) is 0. The van der Waals surface area contributed by atoms with Crippen molar-refractivity contribution in [1.29, 1.82) is 0 Å². The third kappa shape index (κ3) is 1.39. The van der Waals surface area contributed by atoms with Crippen molar-refractivity contribution in [3.8, 4) is 0 Å². The van der Waals surface area contributed by atoms with Crippen LogP contribution in [0.1, 0.15) is 0 Å². The molecule has 0 amide bonds. The fourth-order valence-electron chi connectivity index (χ4n) is 0.343. The molecular formula is C5H6NO. The van der Waals surface area contributed by atoms with Gasteiger partial charge < -0.3 is 4.74 Å². The van der Waals surface area contributed by atoms with Gasteiger partial charge in [0.2, 0.25) is 0 Å². The Labute approximate surface area is 42.5 Å². The second-order valence-electron chi connectivity index (χ2n) is 1.14. The minimum absolute atomic E-state index is 0.590. The van der Waals surface area contributed by atoms with Gasteiger partial charge in [-0.2, -0.15) is 0 Å². The van der Waals surface area contributed by atoms with Gasteiger partial charge in [0.15, 0.2) is 0 Å². The van der Waals surface area contributed by atoms with E-state index in [1.54, 1.807) is 25.1 Å². The van der Waals surface area contributed by atoms with Crippen molar-refractivity contribution < 1.29 is 4.74 Å². The van der Waals surface area contributed by atoms with Crippen LogP contribution in [-0.4, -0.2) is 12.8 Å². The molecule has 0 bridgehead atoms. The van der Waals surface area contributed by atoms with Crippen LogP contribution in [0.15, 0.2) is 17.3 Å². The lowest BCUT2D eigenvalue weighted by atomic mass is 10.6. The van der Waals surface area contributed by atoms with Crippen LogP contribution in [0.25, 0.3) is 0 Å². The van der Waals surface area contributed by atoms with Crippen LogP contribution in [0.4, 0.5) is 0 Å². The summed E-state index contributed by atoms with van der Waals surface area (Å²) < 4.78 is 4.83. The third-order valence-electron chi connectivity index (χ3n) is 0.623. The van der Waals surface area contributed by atoms with E-state index in [4.69, 9.17) is 4.74 Å². The maximum absolute atomic E-state index is 4.83. The number of ether oxygens (including phenoxy) is 1. The van der Waals surface area contributed by atoms with Gasteiger partial charge in [0.05, 0.1) is 12.8 Å². The highest BCUT2D eigenvalue weighted by Crippen LogP contribution is 1.87. The van der Waals surface area contributed by atoms with Crippen LogP contribution in [0.5, 0.6) is 0 Å². The molecular weight excluding hydrogens is 90.1 g/mol. The van der Waals surface area contributed by atoms with Crippen LogP contribution in [-0.2, 0) is 4.74 Å². The molecule has 0 aromatic carbocycles. The Kier molecular flexibility index (Phi) is 1.50. The van der Waals surface area contributed by atoms with E-state index in [2.05, 4.69) is 4.99 Å². The van der Waals surface area contributed by atoms with Gasteiger partial charge in [0, 0.05) is 6.21 Å². The molecule has 0 aromatic rings. The highest BCUT2D eigenvalue weighted by molar-refractivity contribution is 5.59. The summed E-state index contributed by atoms with van der Waals surface area (Å²) >= 11 is 0. The van der Waals surface area contributed by atoms with E-state index in [1.165, 1.54) is 0 Å². The average Bonchev–Trinajstić information content (AvgIpc) is 1.90. The minimum atomic E-state index is 0.590. The fourth-order valence-corrected chi connectivity index (χ4v) is 0.343. The Bertz CT molecular complexity index is 84.3. The molecule has 0 atom stereocenters.